The third kappa shape index (κ3) is 2.64. The smallest absolute Gasteiger partial charge is 0.332 e. The van der Waals surface area contributed by atoms with E-state index in [9.17, 15) is 14.7 Å². The van der Waals surface area contributed by atoms with Crippen LogP contribution in [0.3, 0.4) is 0 Å². The second-order valence-electron chi connectivity index (χ2n) is 4.89. The average Bonchev–Trinajstić information content (AvgIpc) is 2.87. The molecule has 2 aliphatic rings. The van der Waals surface area contributed by atoms with Crippen LogP contribution in [0.4, 0.5) is 0 Å². The van der Waals surface area contributed by atoms with Crippen LogP contribution in [0.2, 0.25) is 0 Å². The quantitative estimate of drug-likeness (QED) is 0.742. The summed E-state index contributed by atoms with van der Waals surface area (Å²) in [5.74, 6) is -1.18. The fourth-order valence-electron chi connectivity index (χ4n) is 2.67. The van der Waals surface area contributed by atoms with Crippen molar-refractivity contribution in [3.05, 3.63) is 0 Å². The van der Waals surface area contributed by atoms with Gasteiger partial charge in [0, 0.05) is 6.54 Å². The zero-order valence-corrected chi connectivity index (χ0v) is 10.2. The molecular weight excluding hydrogens is 238 g/mol. The number of nitrogens with zero attached hydrogens (tertiary/aromatic N) is 1. The van der Waals surface area contributed by atoms with Crippen molar-refractivity contribution in [2.24, 2.45) is 0 Å². The van der Waals surface area contributed by atoms with Crippen molar-refractivity contribution >= 4 is 11.9 Å². The van der Waals surface area contributed by atoms with Crippen LogP contribution in [0.15, 0.2) is 0 Å². The Kier molecular flexibility index (Phi) is 4.19. The molecule has 0 saturated carbocycles. The highest BCUT2D eigenvalue weighted by Crippen LogP contribution is 2.25. The van der Waals surface area contributed by atoms with Gasteiger partial charge in [-0.05, 0) is 32.1 Å². The molecule has 0 bridgehead atoms. The Labute approximate surface area is 106 Å². The van der Waals surface area contributed by atoms with Gasteiger partial charge in [-0.25, -0.2) is 4.79 Å². The lowest BCUT2D eigenvalue weighted by Crippen LogP contribution is -2.49. The lowest BCUT2D eigenvalue weighted by Gasteiger charge is -2.36. The van der Waals surface area contributed by atoms with Crippen LogP contribution in [0.25, 0.3) is 0 Å². The highest BCUT2D eigenvalue weighted by atomic mass is 16.5. The minimum atomic E-state index is -1.01. The molecule has 0 aliphatic carbocycles. The SMILES string of the molecule is O=C(O)[C@H]1CC[C@@H](C(=O)N2CCCCC2CO)O1. The molecule has 2 heterocycles. The molecule has 6 nitrogen and oxygen atoms in total. The molecule has 3 atom stereocenters. The summed E-state index contributed by atoms with van der Waals surface area (Å²) in [6, 6.07) is -0.140. The molecule has 2 fully saturated rings. The van der Waals surface area contributed by atoms with Crippen LogP contribution < -0.4 is 0 Å². The van der Waals surface area contributed by atoms with Crippen molar-refractivity contribution in [3.8, 4) is 0 Å². The van der Waals surface area contributed by atoms with Crippen molar-refractivity contribution in [2.75, 3.05) is 13.2 Å². The number of carbonyl (C=O) groups is 2. The van der Waals surface area contributed by atoms with E-state index in [1.807, 2.05) is 0 Å². The first kappa shape index (κ1) is 13.3. The van der Waals surface area contributed by atoms with Crippen molar-refractivity contribution in [1.29, 1.82) is 0 Å². The summed E-state index contributed by atoms with van der Waals surface area (Å²) >= 11 is 0. The number of rotatable bonds is 3. The number of aliphatic hydroxyl groups is 1. The fourth-order valence-corrected chi connectivity index (χ4v) is 2.67. The van der Waals surface area contributed by atoms with Gasteiger partial charge in [0.05, 0.1) is 12.6 Å². The van der Waals surface area contributed by atoms with Gasteiger partial charge < -0.3 is 19.8 Å². The summed E-state index contributed by atoms with van der Waals surface area (Å²) in [6.07, 6.45) is 2.05. The Morgan fingerprint density at radius 2 is 1.89 bits per heavy atom. The third-order valence-corrected chi connectivity index (χ3v) is 3.69. The van der Waals surface area contributed by atoms with Crippen molar-refractivity contribution in [1.82, 2.24) is 4.90 Å². The van der Waals surface area contributed by atoms with E-state index in [-0.39, 0.29) is 18.6 Å². The van der Waals surface area contributed by atoms with Crippen LogP contribution in [-0.2, 0) is 14.3 Å². The van der Waals surface area contributed by atoms with Gasteiger partial charge in [0.1, 0.15) is 6.10 Å². The monoisotopic (exact) mass is 257 g/mol. The highest BCUT2D eigenvalue weighted by molar-refractivity contribution is 5.83. The number of hydrogen-bond donors (Lipinski definition) is 2. The van der Waals surface area contributed by atoms with Crippen molar-refractivity contribution < 1.29 is 24.5 Å². The lowest BCUT2D eigenvalue weighted by molar-refractivity contribution is -0.156. The first-order valence-electron chi connectivity index (χ1n) is 6.43. The van der Waals surface area contributed by atoms with Crippen molar-refractivity contribution in [3.63, 3.8) is 0 Å². The van der Waals surface area contributed by atoms with Crippen LogP contribution >= 0.6 is 0 Å². The molecule has 1 amide bonds. The number of aliphatic hydroxyl groups excluding tert-OH is 1. The maximum absolute atomic E-state index is 12.2. The summed E-state index contributed by atoms with van der Waals surface area (Å²) in [4.78, 5) is 24.7. The number of carboxylic acids is 1. The molecule has 0 aromatic heterocycles. The number of hydrogen-bond acceptors (Lipinski definition) is 4. The molecule has 0 spiro atoms. The van der Waals surface area contributed by atoms with Gasteiger partial charge in [0.2, 0.25) is 0 Å². The van der Waals surface area contributed by atoms with Gasteiger partial charge >= 0.3 is 5.97 Å². The first-order valence-corrected chi connectivity index (χ1v) is 6.43. The number of aliphatic carboxylic acids is 1. The predicted molar refractivity (Wildman–Crippen MR) is 62.0 cm³/mol. The van der Waals surface area contributed by atoms with Crippen LogP contribution in [0.1, 0.15) is 32.1 Å². The molecule has 6 heteroatoms. The number of ether oxygens (including phenoxy) is 1. The van der Waals surface area contributed by atoms with Crippen LogP contribution in [0.5, 0.6) is 0 Å². The number of carboxylic acid groups (broad SMARTS) is 1. The second-order valence-corrected chi connectivity index (χ2v) is 4.89. The minimum absolute atomic E-state index is 0.0409. The van der Waals surface area contributed by atoms with Crippen LogP contribution in [-0.4, -0.2) is 58.4 Å². The van der Waals surface area contributed by atoms with E-state index in [0.717, 1.165) is 19.3 Å². The van der Waals surface area contributed by atoms with E-state index in [0.29, 0.717) is 19.4 Å². The van der Waals surface area contributed by atoms with Crippen molar-refractivity contribution in [2.45, 2.75) is 50.4 Å². The zero-order chi connectivity index (χ0) is 13.1. The van der Waals surface area contributed by atoms with Gasteiger partial charge in [0.15, 0.2) is 6.10 Å². The molecule has 18 heavy (non-hydrogen) atoms. The number of likely N-dealkylation sites (tertiary alicyclic amines) is 1. The molecule has 1 unspecified atom stereocenters. The Hall–Kier alpha value is -1.14. The Morgan fingerprint density at radius 1 is 1.17 bits per heavy atom. The van der Waals surface area contributed by atoms with Gasteiger partial charge in [-0.2, -0.15) is 0 Å². The largest absolute Gasteiger partial charge is 0.479 e. The number of amides is 1. The molecule has 0 radical (unpaired) electrons. The third-order valence-electron chi connectivity index (χ3n) is 3.69. The number of carbonyl (C=O) groups excluding carboxylic acids is 1. The Morgan fingerprint density at radius 3 is 2.50 bits per heavy atom. The van der Waals surface area contributed by atoms with Gasteiger partial charge in [-0.1, -0.05) is 0 Å². The van der Waals surface area contributed by atoms with Gasteiger partial charge in [-0.15, -0.1) is 0 Å². The summed E-state index contributed by atoms with van der Waals surface area (Å²) in [5.41, 5.74) is 0. The van der Waals surface area contributed by atoms with Gasteiger partial charge in [0.25, 0.3) is 5.91 Å². The first-order chi connectivity index (χ1) is 8.63. The molecule has 2 saturated heterocycles. The standard InChI is InChI=1S/C12H19NO5/c14-7-8-3-1-2-6-13(8)11(15)9-4-5-10(18-9)12(16)17/h8-10,14H,1-7H2,(H,16,17)/t8?,9-,10+/m0/s1. The molecule has 2 aliphatic heterocycles. The summed E-state index contributed by atoms with van der Waals surface area (Å²) in [5, 5.41) is 18.1. The lowest BCUT2D eigenvalue weighted by atomic mass is 10.0. The Balaban J connectivity index is 1.96. The summed E-state index contributed by atoms with van der Waals surface area (Å²) in [6.45, 7) is 0.586. The molecular formula is C12H19NO5. The van der Waals surface area contributed by atoms with Gasteiger partial charge in [-0.3, -0.25) is 4.79 Å². The maximum Gasteiger partial charge on any atom is 0.332 e. The summed E-state index contributed by atoms with van der Waals surface area (Å²) < 4.78 is 5.26. The van der Waals surface area contributed by atoms with E-state index >= 15 is 0 Å². The molecule has 2 rings (SSSR count). The molecule has 0 aromatic carbocycles. The van der Waals surface area contributed by atoms with E-state index in [4.69, 9.17) is 9.84 Å². The zero-order valence-electron chi connectivity index (χ0n) is 10.2. The normalized spacial score (nSPS) is 32.5. The minimum Gasteiger partial charge on any atom is -0.479 e. The summed E-state index contributed by atoms with van der Waals surface area (Å²) in [7, 11) is 0. The predicted octanol–water partition coefficient (Wildman–Crippen LogP) is -0.00800. The number of piperidine rings is 1. The van der Waals surface area contributed by atoms with E-state index in [1.165, 1.54) is 0 Å². The molecule has 102 valence electrons. The second kappa shape index (κ2) is 5.67. The van der Waals surface area contributed by atoms with Crippen LogP contribution in [0, 0.1) is 0 Å². The topological polar surface area (TPSA) is 87.1 Å². The van der Waals surface area contributed by atoms with E-state index in [2.05, 4.69) is 0 Å². The average molecular weight is 257 g/mol. The van der Waals surface area contributed by atoms with E-state index < -0.39 is 18.2 Å². The highest BCUT2D eigenvalue weighted by Gasteiger charge is 2.38. The molecule has 2 N–H and O–H groups in total. The molecule has 0 aromatic rings. The fraction of sp³-hybridized carbons (Fsp3) is 0.833. The maximum atomic E-state index is 12.2. The Bertz CT molecular complexity index is 332. The van der Waals surface area contributed by atoms with E-state index in [1.54, 1.807) is 4.90 Å².